The number of hydrogen-bond acceptors (Lipinski definition) is 8. The van der Waals surface area contributed by atoms with Gasteiger partial charge in [0.25, 0.3) is 0 Å². The van der Waals surface area contributed by atoms with E-state index in [0.29, 0.717) is 30.5 Å². The third-order valence-electron chi connectivity index (χ3n) is 6.07. The van der Waals surface area contributed by atoms with E-state index in [2.05, 4.69) is 75.8 Å². The van der Waals surface area contributed by atoms with E-state index in [1.807, 2.05) is 44.1 Å². The summed E-state index contributed by atoms with van der Waals surface area (Å²) in [5.74, 6) is 1.21. The van der Waals surface area contributed by atoms with Gasteiger partial charge in [0.05, 0.1) is 18.3 Å². The second kappa shape index (κ2) is 13.6. The van der Waals surface area contributed by atoms with Gasteiger partial charge in [-0.05, 0) is 43.3 Å². The Labute approximate surface area is 214 Å². The Kier molecular flexibility index (Phi) is 10.2. The Hall–Kier alpha value is -3.49. The van der Waals surface area contributed by atoms with Crippen molar-refractivity contribution in [1.29, 1.82) is 0 Å². The highest BCUT2D eigenvalue weighted by atomic mass is 16.5. The van der Waals surface area contributed by atoms with Crippen LogP contribution in [-0.4, -0.2) is 71.1 Å². The van der Waals surface area contributed by atoms with E-state index in [4.69, 9.17) is 4.74 Å². The molecule has 1 N–H and O–H groups in total. The molecule has 0 fully saturated rings. The first-order chi connectivity index (χ1) is 17.4. The van der Waals surface area contributed by atoms with Crippen LogP contribution in [0.3, 0.4) is 0 Å². The van der Waals surface area contributed by atoms with E-state index in [-0.39, 0.29) is 6.10 Å². The van der Waals surface area contributed by atoms with E-state index >= 15 is 0 Å². The maximum absolute atomic E-state index is 11.5. The van der Waals surface area contributed by atoms with Crippen LogP contribution in [-0.2, 0) is 11.3 Å². The molecule has 0 aliphatic rings. The number of nitrogens with one attached hydrogen (secondary N) is 1. The van der Waals surface area contributed by atoms with Gasteiger partial charge in [-0.3, -0.25) is 4.79 Å². The lowest BCUT2D eigenvalue weighted by Gasteiger charge is -2.26. The lowest BCUT2D eigenvalue weighted by atomic mass is 10.1. The smallest absolute Gasteiger partial charge is 0.226 e. The predicted octanol–water partition coefficient (Wildman–Crippen LogP) is 3.80. The zero-order valence-corrected chi connectivity index (χ0v) is 22.0. The van der Waals surface area contributed by atoms with Gasteiger partial charge in [0.2, 0.25) is 5.95 Å². The monoisotopic (exact) mass is 490 g/mol. The highest BCUT2D eigenvalue weighted by molar-refractivity contribution is 5.82. The first kappa shape index (κ1) is 27.1. The summed E-state index contributed by atoms with van der Waals surface area (Å²) in [7, 11) is 9.74. The summed E-state index contributed by atoms with van der Waals surface area (Å²) < 4.78 is 6.35. The normalized spacial score (nSPS) is 11.7. The molecule has 0 aliphatic carbocycles. The molecule has 8 heteroatoms. The Morgan fingerprint density at radius 2 is 1.75 bits per heavy atom. The quantitative estimate of drug-likeness (QED) is 0.342. The molecule has 1 heterocycles. The van der Waals surface area contributed by atoms with Gasteiger partial charge in [-0.15, -0.1) is 0 Å². The average molecular weight is 491 g/mol. The molecular formula is C28H38N6O2. The molecule has 0 bridgehead atoms. The van der Waals surface area contributed by atoms with Gasteiger partial charge < -0.3 is 24.8 Å². The first-order valence-electron chi connectivity index (χ1n) is 12.2. The minimum atomic E-state index is 0.0422. The summed E-state index contributed by atoms with van der Waals surface area (Å²) in [4.78, 5) is 26.3. The largest absolute Gasteiger partial charge is 0.373 e. The standard InChI is InChI=1S/C28H38N6O2/c1-29-15-14-26(23-11-7-6-8-12-23)36-21-22-10-9-13-25(18-22)33(4)16-17-34(5)27-24(20-35)19-30-28(31-27)32(2)3/h6-13,18-20,26,29H,14-17,21H2,1-5H3. The van der Waals surface area contributed by atoms with Crippen LogP contribution in [0, 0.1) is 0 Å². The van der Waals surface area contributed by atoms with E-state index in [1.165, 1.54) is 5.56 Å². The van der Waals surface area contributed by atoms with Crippen LogP contribution in [0.5, 0.6) is 0 Å². The molecule has 1 aromatic heterocycles. The van der Waals surface area contributed by atoms with Gasteiger partial charge in [-0.2, -0.15) is 4.98 Å². The second-order valence-electron chi connectivity index (χ2n) is 9.08. The summed E-state index contributed by atoms with van der Waals surface area (Å²) in [6.07, 6.45) is 3.33. The van der Waals surface area contributed by atoms with Gasteiger partial charge in [0.1, 0.15) is 5.82 Å². The van der Waals surface area contributed by atoms with Crippen LogP contribution in [0.4, 0.5) is 17.5 Å². The van der Waals surface area contributed by atoms with Crippen LogP contribution >= 0.6 is 0 Å². The third-order valence-corrected chi connectivity index (χ3v) is 6.07. The maximum atomic E-state index is 11.5. The summed E-state index contributed by atoms with van der Waals surface area (Å²) in [5, 5.41) is 3.22. The van der Waals surface area contributed by atoms with Crippen molar-refractivity contribution in [2.24, 2.45) is 0 Å². The molecule has 0 amide bonds. The number of ether oxygens (including phenoxy) is 1. The van der Waals surface area contributed by atoms with Crippen molar-refractivity contribution < 1.29 is 9.53 Å². The van der Waals surface area contributed by atoms with E-state index in [1.54, 1.807) is 6.20 Å². The van der Waals surface area contributed by atoms with Gasteiger partial charge in [-0.1, -0.05) is 42.5 Å². The maximum Gasteiger partial charge on any atom is 0.226 e. The minimum Gasteiger partial charge on any atom is -0.373 e. The number of nitrogens with zero attached hydrogens (tertiary/aromatic N) is 5. The van der Waals surface area contributed by atoms with Gasteiger partial charge >= 0.3 is 0 Å². The fourth-order valence-corrected chi connectivity index (χ4v) is 3.88. The SMILES string of the molecule is CNCCC(OCc1cccc(N(C)CCN(C)c2nc(N(C)C)ncc2C=O)c1)c1ccccc1. The number of likely N-dealkylation sites (N-methyl/N-ethyl adjacent to an activating group) is 2. The summed E-state index contributed by atoms with van der Waals surface area (Å²) in [6, 6.07) is 18.8. The van der Waals surface area contributed by atoms with E-state index < -0.39 is 0 Å². The summed E-state index contributed by atoms with van der Waals surface area (Å²) >= 11 is 0. The van der Waals surface area contributed by atoms with Crippen molar-refractivity contribution in [3.05, 3.63) is 77.5 Å². The molecule has 0 saturated carbocycles. The average Bonchev–Trinajstić information content (AvgIpc) is 2.91. The van der Waals surface area contributed by atoms with E-state index in [0.717, 1.165) is 37.0 Å². The molecule has 8 nitrogen and oxygen atoms in total. The Bertz CT molecular complexity index is 1090. The van der Waals surface area contributed by atoms with Crippen molar-refractivity contribution in [2.45, 2.75) is 19.1 Å². The molecule has 0 saturated heterocycles. The topological polar surface area (TPSA) is 73.8 Å². The number of carbonyl (C=O) groups excluding carboxylic acids is 1. The number of aromatic nitrogens is 2. The molecule has 2 aromatic carbocycles. The van der Waals surface area contributed by atoms with Crippen molar-refractivity contribution in [2.75, 3.05) is 69.6 Å². The molecule has 1 atom stereocenters. The highest BCUT2D eigenvalue weighted by Crippen LogP contribution is 2.24. The summed E-state index contributed by atoms with van der Waals surface area (Å²) in [5.41, 5.74) is 3.92. The molecule has 0 spiro atoms. The molecule has 36 heavy (non-hydrogen) atoms. The van der Waals surface area contributed by atoms with Crippen LogP contribution in [0.1, 0.15) is 34.0 Å². The second-order valence-corrected chi connectivity index (χ2v) is 9.08. The fraction of sp³-hybridized carbons (Fsp3) is 0.393. The Balaban J connectivity index is 1.62. The number of anilines is 3. The molecule has 0 aliphatic heterocycles. The predicted molar refractivity (Wildman–Crippen MR) is 147 cm³/mol. The number of hydrogen-bond donors (Lipinski definition) is 1. The minimum absolute atomic E-state index is 0.0422. The molecule has 192 valence electrons. The van der Waals surface area contributed by atoms with E-state index in [9.17, 15) is 4.79 Å². The highest BCUT2D eigenvalue weighted by Gasteiger charge is 2.14. The fourth-order valence-electron chi connectivity index (χ4n) is 3.88. The number of rotatable bonds is 14. The van der Waals surface area contributed by atoms with Crippen LogP contribution in [0.2, 0.25) is 0 Å². The first-order valence-corrected chi connectivity index (χ1v) is 12.2. The lowest BCUT2D eigenvalue weighted by Crippen LogP contribution is -2.32. The molecule has 0 radical (unpaired) electrons. The van der Waals surface area contributed by atoms with Crippen molar-refractivity contribution in [3.63, 3.8) is 0 Å². The number of aldehydes is 1. The zero-order valence-electron chi connectivity index (χ0n) is 22.0. The lowest BCUT2D eigenvalue weighted by molar-refractivity contribution is 0.0344. The van der Waals surface area contributed by atoms with Crippen molar-refractivity contribution >= 4 is 23.7 Å². The van der Waals surface area contributed by atoms with Crippen molar-refractivity contribution in [1.82, 2.24) is 15.3 Å². The van der Waals surface area contributed by atoms with Crippen LogP contribution < -0.4 is 20.0 Å². The van der Waals surface area contributed by atoms with Crippen molar-refractivity contribution in [3.8, 4) is 0 Å². The van der Waals surface area contributed by atoms with Gasteiger partial charge in [0, 0.05) is 53.2 Å². The zero-order chi connectivity index (χ0) is 25.9. The molecule has 3 rings (SSSR count). The molecule has 3 aromatic rings. The molecule has 1 unspecified atom stereocenters. The summed E-state index contributed by atoms with van der Waals surface area (Å²) in [6.45, 7) is 2.89. The third kappa shape index (κ3) is 7.50. The van der Waals surface area contributed by atoms with Gasteiger partial charge in [-0.25, -0.2) is 4.98 Å². The van der Waals surface area contributed by atoms with Crippen LogP contribution in [0.25, 0.3) is 0 Å². The van der Waals surface area contributed by atoms with Gasteiger partial charge in [0.15, 0.2) is 6.29 Å². The number of benzene rings is 2. The Morgan fingerprint density at radius 3 is 2.44 bits per heavy atom. The van der Waals surface area contributed by atoms with Crippen LogP contribution in [0.15, 0.2) is 60.8 Å². The Morgan fingerprint density at radius 1 is 1.00 bits per heavy atom. The molecular weight excluding hydrogens is 452 g/mol. The number of carbonyl (C=O) groups is 1.